The number of hydrogen-bond acceptors (Lipinski definition) is 1. The predicted octanol–water partition coefficient (Wildman–Crippen LogP) is 2.94. The SMILES string of the molecule is CCCCC1CC2(CCC2=O)C1. The first-order valence-corrected chi connectivity index (χ1v) is 5.30. The molecule has 2 aliphatic rings. The van der Waals surface area contributed by atoms with E-state index in [0.717, 1.165) is 12.3 Å². The highest BCUT2D eigenvalue weighted by atomic mass is 16.1. The third-order valence-electron chi connectivity index (χ3n) is 3.75. The molecule has 2 fully saturated rings. The van der Waals surface area contributed by atoms with E-state index in [9.17, 15) is 4.79 Å². The first kappa shape index (κ1) is 8.28. The Hall–Kier alpha value is -0.330. The second-order valence-electron chi connectivity index (χ2n) is 4.62. The Bertz CT molecular complexity index is 189. The molecule has 0 aromatic heterocycles. The van der Waals surface area contributed by atoms with E-state index in [-0.39, 0.29) is 5.41 Å². The highest BCUT2D eigenvalue weighted by Crippen LogP contribution is 2.57. The van der Waals surface area contributed by atoms with Gasteiger partial charge in [0.25, 0.3) is 0 Å². The molecule has 1 heteroatoms. The van der Waals surface area contributed by atoms with E-state index in [1.807, 2.05) is 0 Å². The van der Waals surface area contributed by atoms with Crippen molar-refractivity contribution in [3.63, 3.8) is 0 Å². The molecule has 0 N–H and O–H groups in total. The van der Waals surface area contributed by atoms with Crippen LogP contribution < -0.4 is 0 Å². The van der Waals surface area contributed by atoms with Crippen LogP contribution in [0.1, 0.15) is 51.9 Å². The van der Waals surface area contributed by atoms with E-state index in [0.29, 0.717) is 5.78 Å². The van der Waals surface area contributed by atoms with Gasteiger partial charge >= 0.3 is 0 Å². The van der Waals surface area contributed by atoms with Crippen LogP contribution in [-0.4, -0.2) is 5.78 Å². The van der Waals surface area contributed by atoms with Crippen molar-refractivity contribution in [3.05, 3.63) is 0 Å². The lowest BCUT2D eigenvalue weighted by Gasteiger charge is -2.52. The summed E-state index contributed by atoms with van der Waals surface area (Å²) in [6, 6.07) is 0. The molecule has 1 nitrogen and oxygen atoms in total. The van der Waals surface area contributed by atoms with Crippen LogP contribution in [0.3, 0.4) is 0 Å². The Morgan fingerprint density at radius 1 is 1.50 bits per heavy atom. The second-order valence-corrected chi connectivity index (χ2v) is 4.62. The molecule has 0 aromatic carbocycles. The van der Waals surface area contributed by atoms with E-state index in [4.69, 9.17) is 0 Å². The molecule has 2 saturated carbocycles. The van der Waals surface area contributed by atoms with Crippen molar-refractivity contribution in [2.24, 2.45) is 11.3 Å². The molecule has 1 spiro atoms. The third kappa shape index (κ3) is 1.10. The van der Waals surface area contributed by atoms with Gasteiger partial charge in [-0.15, -0.1) is 0 Å². The second kappa shape index (κ2) is 2.86. The molecular formula is C11H18O. The van der Waals surface area contributed by atoms with Gasteiger partial charge < -0.3 is 0 Å². The van der Waals surface area contributed by atoms with Gasteiger partial charge in [0.15, 0.2) is 0 Å². The molecule has 0 amide bonds. The first-order chi connectivity index (χ1) is 5.77. The molecule has 0 heterocycles. The highest BCUT2D eigenvalue weighted by molar-refractivity contribution is 5.91. The molecule has 0 atom stereocenters. The van der Waals surface area contributed by atoms with Gasteiger partial charge in [-0.1, -0.05) is 26.2 Å². The molecule has 0 saturated heterocycles. The fraction of sp³-hybridized carbons (Fsp3) is 0.909. The van der Waals surface area contributed by atoms with Crippen LogP contribution in [0.2, 0.25) is 0 Å². The number of unbranched alkanes of at least 4 members (excludes halogenated alkanes) is 1. The quantitative estimate of drug-likeness (QED) is 0.630. The van der Waals surface area contributed by atoms with Crippen molar-refractivity contribution >= 4 is 5.78 Å². The summed E-state index contributed by atoms with van der Waals surface area (Å²) < 4.78 is 0. The van der Waals surface area contributed by atoms with Crippen molar-refractivity contribution in [1.29, 1.82) is 0 Å². The van der Waals surface area contributed by atoms with Gasteiger partial charge in [0, 0.05) is 11.8 Å². The van der Waals surface area contributed by atoms with Crippen LogP contribution >= 0.6 is 0 Å². The zero-order chi connectivity index (χ0) is 8.60. The molecule has 12 heavy (non-hydrogen) atoms. The van der Waals surface area contributed by atoms with Crippen molar-refractivity contribution in [2.75, 3.05) is 0 Å². The van der Waals surface area contributed by atoms with Crippen molar-refractivity contribution in [1.82, 2.24) is 0 Å². The van der Waals surface area contributed by atoms with E-state index >= 15 is 0 Å². The van der Waals surface area contributed by atoms with Gasteiger partial charge in [-0.3, -0.25) is 4.79 Å². The Kier molecular flexibility index (Phi) is 1.97. The van der Waals surface area contributed by atoms with Crippen molar-refractivity contribution < 1.29 is 4.79 Å². The maximum absolute atomic E-state index is 11.3. The lowest BCUT2D eigenvalue weighted by molar-refractivity contribution is -0.150. The molecule has 0 radical (unpaired) electrons. The summed E-state index contributed by atoms with van der Waals surface area (Å²) in [4.78, 5) is 11.3. The van der Waals surface area contributed by atoms with Gasteiger partial charge in [0.05, 0.1) is 0 Å². The summed E-state index contributed by atoms with van der Waals surface area (Å²) in [6.45, 7) is 2.24. The summed E-state index contributed by atoms with van der Waals surface area (Å²) in [7, 11) is 0. The molecule has 0 aliphatic heterocycles. The van der Waals surface area contributed by atoms with E-state index < -0.39 is 0 Å². The molecule has 2 rings (SSSR count). The standard InChI is InChI=1S/C11H18O/c1-2-3-4-9-7-11(8-9)6-5-10(11)12/h9H,2-8H2,1H3. The average molecular weight is 166 g/mol. The van der Waals surface area contributed by atoms with E-state index in [2.05, 4.69) is 6.92 Å². The van der Waals surface area contributed by atoms with Crippen molar-refractivity contribution in [3.8, 4) is 0 Å². The molecule has 0 bridgehead atoms. The molecule has 68 valence electrons. The number of Topliss-reactive ketones (excluding diaryl/α,β-unsaturated/α-hetero) is 1. The topological polar surface area (TPSA) is 17.1 Å². The van der Waals surface area contributed by atoms with Gasteiger partial charge in [-0.25, -0.2) is 0 Å². The maximum atomic E-state index is 11.3. The molecule has 0 unspecified atom stereocenters. The predicted molar refractivity (Wildman–Crippen MR) is 48.9 cm³/mol. The van der Waals surface area contributed by atoms with Gasteiger partial charge in [-0.05, 0) is 25.2 Å². The molecule has 0 aromatic rings. The minimum absolute atomic E-state index is 0.235. The smallest absolute Gasteiger partial charge is 0.139 e. The summed E-state index contributed by atoms with van der Waals surface area (Å²) in [5, 5.41) is 0. The van der Waals surface area contributed by atoms with Crippen LogP contribution in [0.5, 0.6) is 0 Å². The van der Waals surface area contributed by atoms with E-state index in [1.54, 1.807) is 0 Å². The fourth-order valence-corrected chi connectivity index (χ4v) is 2.75. The number of rotatable bonds is 3. The number of carbonyl (C=O) groups is 1. The zero-order valence-corrected chi connectivity index (χ0v) is 7.94. The van der Waals surface area contributed by atoms with Crippen LogP contribution in [0.15, 0.2) is 0 Å². The zero-order valence-electron chi connectivity index (χ0n) is 7.94. The van der Waals surface area contributed by atoms with Crippen LogP contribution in [0.4, 0.5) is 0 Å². The van der Waals surface area contributed by atoms with Crippen LogP contribution in [0, 0.1) is 11.3 Å². The first-order valence-electron chi connectivity index (χ1n) is 5.30. The van der Waals surface area contributed by atoms with Gasteiger partial charge in [-0.2, -0.15) is 0 Å². The number of hydrogen-bond donors (Lipinski definition) is 0. The fourth-order valence-electron chi connectivity index (χ4n) is 2.75. The Balaban J connectivity index is 1.73. The largest absolute Gasteiger partial charge is 0.299 e. The lowest BCUT2D eigenvalue weighted by atomic mass is 9.50. The summed E-state index contributed by atoms with van der Waals surface area (Å²) in [5.74, 6) is 1.46. The minimum atomic E-state index is 0.235. The summed E-state index contributed by atoms with van der Waals surface area (Å²) in [6.07, 6.45) is 8.56. The minimum Gasteiger partial charge on any atom is -0.299 e. The van der Waals surface area contributed by atoms with Gasteiger partial charge in [0.1, 0.15) is 5.78 Å². The lowest BCUT2D eigenvalue weighted by Crippen LogP contribution is -2.50. The van der Waals surface area contributed by atoms with Gasteiger partial charge in [0.2, 0.25) is 0 Å². The van der Waals surface area contributed by atoms with Crippen LogP contribution in [0.25, 0.3) is 0 Å². The highest BCUT2D eigenvalue weighted by Gasteiger charge is 2.54. The maximum Gasteiger partial charge on any atom is 0.139 e. The normalized spacial score (nSPS) is 39.4. The Morgan fingerprint density at radius 2 is 2.25 bits per heavy atom. The summed E-state index contributed by atoms with van der Waals surface area (Å²) >= 11 is 0. The third-order valence-corrected chi connectivity index (χ3v) is 3.75. The van der Waals surface area contributed by atoms with E-state index in [1.165, 1.54) is 38.5 Å². The number of carbonyl (C=O) groups excluding carboxylic acids is 1. The monoisotopic (exact) mass is 166 g/mol. The molecule has 2 aliphatic carbocycles. The average Bonchev–Trinajstić information content (AvgIpc) is 1.99. The summed E-state index contributed by atoms with van der Waals surface area (Å²) in [5.41, 5.74) is 0.235. The molecular weight excluding hydrogens is 148 g/mol. The van der Waals surface area contributed by atoms with Crippen molar-refractivity contribution in [2.45, 2.75) is 51.9 Å². The number of ketones is 1. The Morgan fingerprint density at radius 3 is 2.67 bits per heavy atom. The van der Waals surface area contributed by atoms with Crippen LogP contribution in [-0.2, 0) is 4.79 Å². The Labute approximate surface area is 74.5 Å².